The Labute approximate surface area is 83.0 Å². The Hall–Kier alpha value is -1.24. The molecule has 1 aromatic rings. The van der Waals surface area contributed by atoms with Gasteiger partial charge in [-0.2, -0.15) is 9.97 Å². The van der Waals surface area contributed by atoms with E-state index in [1.54, 1.807) is 0 Å². The third-order valence-electron chi connectivity index (χ3n) is 1.09. The van der Waals surface area contributed by atoms with Crippen LogP contribution in [0.4, 0.5) is 8.78 Å². The highest BCUT2D eigenvalue weighted by atomic mass is 35.5. The third-order valence-corrected chi connectivity index (χ3v) is 1.26. The fraction of sp³-hybridized carbons (Fsp3) is 0.500. The highest BCUT2D eigenvalue weighted by Crippen LogP contribution is 2.12. The predicted octanol–water partition coefficient (Wildman–Crippen LogP) is 1.18. The molecule has 0 aromatic carbocycles. The minimum absolute atomic E-state index is 0.0886. The molecule has 78 valence electrons. The monoisotopic (exact) mass is 225 g/mol. The number of ether oxygens (including phenoxy) is 2. The average Bonchev–Trinajstić information content (AvgIpc) is 2.14. The predicted molar refractivity (Wildman–Crippen MR) is 42.9 cm³/mol. The van der Waals surface area contributed by atoms with Gasteiger partial charge in [0.2, 0.25) is 5.28 Å². The zero-order valence-electron chi connectivity index (χ0n) is 7.08. The molecule has 8 heteroatoms. The first-order valence-electron chi connectivity index (χ1n) is 3.48. The van der Waals surface area contributed by atoms with Crippen LogP contribution in [0.5, 0.6) is 12.0 Å². The molecular weight excluding hydrogens is 220 g/mol. The molecule has 5 nitrogen and oxygen atoms in total. The molecule has 0 saturated heterocycles. The highest BCUT2D eigenvalue weighted by Gasteiger charge is 2.09. The topological polar surface area (TPSA) is 57.1 Å². The van der Waals surface area contributed by atoms with Crippen LogP contribution in [0.1, 0.15) is 0 Å². The lowest BCUT2D eigenvalue weighted by Gasteiger charge is -2.04. The van der Waals surface area contributed by atoms with Gasteiger partial charge in [0.05, 0.1) is 7.11 Å². The second-order valence-electron chi connectivity index (χ2n) is 2.08. The van der Waals surface area contributed by atoms with E-state index in [9.17, 15) is 8.78 Å². The Bertz CT molecular complexity index is 313. The fourth-order valence-corrected chi connectivity index (χ4v) is 0.753. The van der Waals surface area contributed by atoms with E-state index in [0.717, 1.165) is 0 Å². The van der Waals surface area contributed by atoms with Crippen molar-refractivity contribution in [2.45, 2.75) is 6.43 Å². The van der Waals surface area contributed by atoms with E-state index in [2.05, 4.69) is 24.4 Å². The van der Waals surface area contributed by atoms with E-state index >= 15 is 0 Å². The molecule has 0 atom stereocenters. The fourth-order valence-electron chi connectivity index (χ4n) is 0.608. The average molecular weight is 226 g/mol. The van der Waals surface area contributed by atoms with Crippen LogP contribution in [0, 0.1) is 0 Å². The van der Waals surface area contributed by atoms with Gasteiger partial charge in [0.1, 0.15) is 0 Å². The molecule has 0 saturated carbocycles. The first-order chi connectivity index (χ1) is 6.61. The largest absolute Gasteiger partial charge is 0.467 e. The van der Waals surface area contributed by atoms with Crippen LogP contribution >= 0.6 is 11.6 Å². The van der Waals surface area contributed by atoms with Gasteiger partial charge in [-0.15, -0.1) is 4.98 Å². The summed E-state index contributed by atoms with van der Waals surface area (Å²) in [5, 5.41) is -0.180. The number of methoxy groups -OCH3 is 1. The lowest BCUT2D eigenvalue weighted by molar-refractivity contribution is 0.0764. The van der Waals surface area contributed by atoms with Gasteiger partial charge in [0.15, 0.2) is 6.61 Å². The molecular formula is C6H6ClF2N3O2. The minimum Gasteiger partial charge on any atom is -0.467 e. The Morgan fingerprint density at radius 1 is 1.29 bits per heavy atom. The molecule has 0 fully saturated rings. The Morgan fingerprint density at radius 3 is 2.50 bits per heavy atom. The molecule has 1 heterocycles. The van der Waals surface area contributed by atoms with Gasteiger partial charge < -0.3 is 9.47 Å². The molecule has 0 unspecified atom stereocenters. The number of halogens is 3. The summed E-state index contributed by atoms with van der Waals surface area (Å²) in [6, 6.07) is -0.378. The van der Waals surface area contributed by atoms with Gasteiger partial charge >= 0.3 is 12.0 Å². The molecule has 1 rings (SSSR count). The molecule has 0 aliphatic rings. The minimum atomic E-state index is -2.60. The van der Waals surface area contributed by atoms with Crippen molar-refractivity contribution in [3.05, 3.63) is 5.28 Å². The van der Waals surface area contributed by atoms with Crippen LogP contribution < -0.4 is 9.47 Å². The summed E-state index contributed by atoms with van der Waals surface area (Å²) in [6.07, 6.45) is -2.60. The molecule has 0 aliphatic heterocycles. The molecule has 0 N–H and O–H groups in total. The Morgan fingerprint density at radius 2 is 1.93 bits per heavy atom. The van der Waals surface area contributed by atoms with E-state index in [0.29, 0.717) is 0 Å². The summed E-state index contributed by atoms with van der Waals surface area (Å²) in [4.78, 5) is 10.5. The zero-order valence-corrected chi connectivity index (χ0v) is 7.83. The number of hydrogen-bond donors (Lipinski definition) is 0. The molecule has 0 bridgehead atoms. The summed E-state index contributed by atoms with van der Waals surface area (Å²) in [5.41, 5.74) is 0. The Kier molecular flexibility index (Phi) is 3.75. The van der Waals surface area contributed by atoms with E-state index in [1.807, 2.05) is 0 Å². The summed E-state index contributed by atoms with van der Waals surface area (Å²) >= 11 is 5.43. The lowest BCUT2D eigenvalue weighted by Crippen LogP contribution is -2.10. The normalized spacial score (nSPS) is 10.4. The molecule has 14 heavy (non-hydrogen) atoms. The molecule has 0 aliphatic carbocycles. The second kappa shape index (κ2) is 4.85. The highest BCUT2D eigenvalue weighted by molar-refractivity contribution is 6.28. The van der Waals surface area contributed by atoms with E-state index in [4.69, 9.17) is 11.6 Å². The quantitative estimate of drug-likeness (QED) is 0.770. The maximum absolute atomic E-state index is 11.7. The van der Waals surface area contributed by atoms with Crippen molar-refractivity contribution in [3.63, 3.8) is 0 Å². The second-order valence-corrected chi connectivity index (χ2v) is 2.41. The number of aromatic nitrogens is 3. The van der Waals surface area contributed by atoms with Crippen molar-refractivity contribution < 1.29 is 18.3 Å². The van der Waals surface area contributed by atoms with Crippen LogP contribution in [0.2, 0.25) is 5.28 Å². The molecule has 0 radical (unpaired) electrons. The lowest BCUT2D eigenvalue weighted by atomic mass is 10.8. The molecule has 0 spiro atoms. The van der Waals surface area contributed by atoms with Crippen molar-refractivity contribution in [1.29, 1.82) is 0 Å². The SMILES string of the molecule is COc1nc(Cl)nc(OCC(F)F)n1. The number of nitrogens with zero attached hydrogens (tertiary/aromatic N) is 3. The Balaban J connectivity index is 2.71. The smallest absolute Gasteiger partial charge is 0.324 e. The van der Waals surface area contributed by atoms with E-state index in [-0.39, 0.29) is 17.3 Å². The van der Waals surface area contributed by atoms with Crippen LogP contribution in [-0.4, -0.2) is 35.1 Å². The van der Waals surface area contributed by atoms with E-state index in [1.165, 1.54) is 7.11 Å². The van der Waals surface area contributed by atoms with Gasteiger partial charge in [-0.3, -0.25) is 0 Å². The first kappa shape index (κ1) is 10.8. The number of alkyl halides is 2. The van der Waals surface area contributed by atoms with Gasteiger partial charge in [0, 0.05) is 0 Å². The summed E-state index contributed by atoms with van der Waals surface area (Å²) in [7, 11) is 1.31. The van der Waals surface area contributed by atoms with Gasteiger partial charge in [-0.05, 0) is 11.6 Å². The summed E-state index contributed by atoms with van der Waals surface area (Å²) in [6.45, 7) is -0.802. The van der Waals surface area contributed by atoms with Gasteiger partial charge in [-0.1, -0.05) is 0 Å². The van der Waals surface area contributed by atoms with Crippen molar-refractivity contribution in [2.24, 2.45) is 0 Å². The van der Waals surface area contributed by atoms with Crippen molar-refractivity contribution in [1.82, 2.24) is 15.0 Å². The summed E-state index contributed by atoms with van der Waals surface area (Å²) in [5.74, 6) is 0. The van der Waals surface area contributed by atoms with Gasteiger partial charge in [0.25, 0.3) is 6.43 Å². The standard InChI is InChI=1S/C6H6ClF2N3O2/c1-13-5-10-4(7)11-6(12-5)14-2-3(8)9/h3H,2H2,1H3. The van der Waals surface area contributed by atoms with Crippen molar-refractivity contribution in [2.75, 3.05) is 13.7 Å². The molecule has 1 aromatic heterocycles. The maximum atomic E-state index is 11.7. The van der Waals surface area contributed by atoms with Crippen LogP contribution in [0.15, 0.2) is 0 Å². The molecule has 0 amide bonds. The van der Waals surface area contributed by atoms with Crippen LogP contribution in [0.25, 0.3) is 0 Å². The van der Waals surface area contributed by atoms with Crippen molar-refractivity contribution in [3.8, 4) is 12.0 Å². The first-order valence-corrected chi connectivity index (χ1v) is 3.86. The van der Waals surface area contributed by atoms with Crippen LogP contribution in [0.3, 0.4) is 0 Å². The maximum Gasteiger partial charge on any atom is 0.324 e. The van der Waals surface area contributed by atoms with Gasteiger partial charge in [-0.25, -0.2) is 8.78 Å². The number of rotatable bonds is 4. The van der Waals surface area contributed by atoms with Crippen LogP contribution in [-0.2, 0) is 0 Å². The number of hydrogen-bond acceptors (Lipinski definition) is 5. The third kappa shape index (κ3) is 3.25. The zero-order chi connectivity index (χ0) is 10.6. The van der Waals surface area contributed by atoms with E-state index < -0.39 is 13.0 Å². The van der Waals surface area contributed by atoms with Crippen molar-refractivity contribution >= 4 is 11.6 Å². The summed E-state index contributed by atoms with van der Waals surface area (Å²) < 4.78 is 32.6.